The second-order valence-electron chi connectivity index (χ2n) is 7.52. The standard InChI is InChI=1S/C21H20Cl3F3N2O/c1-12(28-13(2)30)14-3-5-16(6-4-14)29-8-7-20(11-29,21(25,26)27)15-9-17(22)19(24)18(23)10-15/h3-6,9-10,12H,7-8,11H2,1-2H3,(H,28,30). The third kappa shape index (κ3) is 4.36. The van der Waals surface area contributed by atoms with Gasteiger partial charge in [-0.15, -0.1) is 0 Å². The number of benzene rings is 2. The van der Waals surface area contributed by atoms with Crippen LogP contribution < -0.4 is 10.2 Å². The second kappa shape index (κ2) is 8.48. The zero-order valence-corrected chi connectivity index (χ0v) is 18.6. The SMILES string of the molecule is CC(=O)NC(C)c1ccc(N2CCC(c3cc(Cl)c(Cl)c(Cl)c3)(C(F)(F)F)C2)cc1. The predicted octanol–water partition coefficient (Wildman–Crippen LogP) is 6.55. The molecule has 3 nitrogen and oxygen atoms in total. The van der Waals surface area contributed by atoms with Crippen LogP contribution in [-0.4, -0.2) is 25.2 Å². The molecule has 1 aliphatic rings. The normalized spacial score (nSPS) is 20.3. The van der Waals surface area contributed by atoms with Crippen LogP contribution in [0, 0.1) is 0 Å². The molecule has 0 aliphatic carbocycles. The Morgan fingerprint density at radius 1 is 1.13 bits per heavy atom. The Labute approximate surface area is 188 Å². The van der Waals surface area contributed by atoms with E-state index in [-0.39, 0.29) is 52.1 Å². The highest BCUT2D eigenvalue weighted by molar-refractivity contribution is 6.48. The lowest BCUT2D eigenvalue weighted by molar-refractivity contribution is -0.184. The first-order valence-electron chi connectivity index (χ1n) is 9.28. The van der Waals surface area contributed by atoms with Crippen molar-refractivity contribution in [1.82, 2.24) is 5.32 Å². The first-order valence-corrected chi connectivity index (χ1v) is 10.4. The lowest BCUT2D eigenvalue weighted by Crippen LogP contribution is -2.44. The van der Waals surface area contributed by atoms with Gasteiger partial charge in [0.2, 0.25) is 5.91 Å². The molecule has 0 spiro atoms. The summed E-state index contributed by atoms with van der Waals surface area (Å²) < 4.78 is 42.8. The Morgan fingerprint density at radius 3 is 2.20 bits per heavy atom. The van der Waals surface area contributed by atoms with E-state index in [1.165, 1.54) is 19.1 Å². The molecule has 2 aromatic rings. The Kier molecular flexibility index (Phi) is 6.51. The third-order valence-electron chi connectivity index (χ3n) is 5.53. The second-order valence-corrected chi connectivity index (χ2v) is 8.71. The van der Waals surface area contributed by atoms with Gasteiger partial charge in [0.05, 0.1) is 21.1 Å². The number of carbonyl (C=O) groups excluding carboxylic acids is 1. The van der Waals surface area contributed by atoms with Crippen molar-refractivity contribution in [3.63, 3.8) is 0 Å². The van der Waals surface area contributed by atoms with E-state index in [2.05, 4.69) is 5.32 Å². The van der Waals surface area contributed by atoms with Crippen LogP contribution in [0.4, 0.5) is 18.9 Å². The Hall–Kier alpha value is -1.63. The van der Waals surface area contributed by atoms with Gasteiger partial charge in [-0.05, 0) is 48.7 Å². The minimum atomic E-state index is -4.50. The summed E-state index contributed by atoms with van der Waals surface area (Å²) in [5, 5.41) is 2.82. The topological polar surface area (TPSA) is 32.3 Å². The molecule has 1 N–H and O–H groups in total. The summed E-state index contributed by atoms with van der Waals surface area (Å²) in [6.07, 6.45) is -4.63. The highest BCUT2D eigenvalue weighted by Crippen LogP contribution is 2.50. The van der Waals surface area contributed by atoms with Crippen LogP contribution in [-0.2, 0) is 10.2 Å². The van der Waals surface area contributed by atoms with Crippen LogP contribution in [0.15, 0.2) is 36.4 Å². The van der Waals surface area contributed by atoms with Crippen LogP contribution in [0.25, 0.3) is 0 Å². The van der Waals surface area contributed by atoms with Crippen molar-refractivity contribution >= 4 is 46.4 Å². The van der Waals surface area contributed by atoms with Crippen molar-refractivity contribution in [3.8, 4) is 0 Å². The lowest BCUT2D eigenvalue weighted by Gasteiger charge is -2.33. The van der Waals surface area contributed by atoms with Crippen LogP contribution >= 0.6 is 34.8 Å². The van der Waals surface area contributed by atoms with E-state index in [1.807, 2.05) is 6.92 Å². The molecule has 0 aromatic heterocycles. The summed E-state index contributed by atoms with van der Waals surface area (Å²) in [5.74, 6) is -0.152. The Bertz CT molecular complexity index is 926. The van der Waals surface area contributed by atoms with Crippen molar-refractivity contribution in [2.24, 2.45) is 0 Å². The van der Waals surface area contributed by atoms with Crippen molar-refractivity contribution in [3.05, 3.63) is 62.6 Å². The number of nitrogens with one attached hydrogen (secondary N) is 1. The molecule has 1 heterocycles. The van der Waals surface area contributed by atoms with Gasteiger partial charge in [0.15, 0.2) is 0 Å². The summed E-state index contributed by atoms with van der Waals surface area (Å²) in [7, 11) is 0. The Morgan fingerprint density at radius 2 is 1.70 bits per heavy atom. The average Bonchev–Trinajstić information content (AvgIpc) is 3.12. The average molecular weight is 480 g/mol. The minimum Gasteiger partial charge on any atom is -0.370 e. The molecule has 1 fully saturated rings. The van der Waals surface area contributed by atoms with Gasteiger partial charge >= 0.3 is 6.18 Å². The number of amides is 1. The maximum atomic E-state index is 14.3. The molecule has 1 saturated heterocycles. The van der Waals surface area contributed by atoms with E-state index in [1.54, 1.807) is 29.2 Å². The fourth-order valence-electron chi connectivity index (χ4n) is 3.85. The first-order chi connectivity index (χ1) is 13.9. The fourth-order valence-corrected chi connectivity index (χ4v) is 4.45. The summed E-state index contributed by atoms with van der Waals surface area (Å²) in [6.45, 7) is 3.24. The molecule has 162 valence electrons. The van der Waals surface area contributed by atoms with E-state index in [4.69, 9.17) is 34.8 Å². The first kappa shape index (κ1) is 23.0. The number of anilines is 1. The van der Waals surface area contributed by atoms with Gasteiger partial charge in [-0.3, -0.25) is 4.79 Å². The molecule has 1 amide bonds. The number of hydrogen-bond donors (Lipinski definition) is 1. The lowest BCUT2D eigenvalue weighted by atomic mass is 9.79. The summed E-state index contributed by atoms with van der Waals surface area (Å²) >= 11 is 18.0. The monoisotopic (exact) mass is 478 g/mol. The van der Waals surface area contributed by atoms with Crippen molar-refractivity contribution in [1.29, 1.82) is 0 Å². The smallest absolute Gasteiger partial charge is 0.370 e. The number of alkyl halides is 3. The van der Waals surface area contributed by atoms with Crippen LogP contribution in [0.3, 0.4) is 0 Å². The number of rotatable bonds is 4. The van der Waals surface area contributed by atoms with E-state index in [9.17, 15) is 18.0 Å². The van der Waals surface area contributed by atoms with Gasteiger partial charge in [-0.25, -0.2) is 0 Å². The fraction of sp³-hybridized carbons (Fsp3) is 0.381. The molecule has 2 unspecified atom stereocenters. The molecule has 0 radical (unpaired) electrons. The maximum absolute atomic E-state index is 14.3. The quantitative estimate of drug-likeness (QED) is 0.504. The number of hydrogen-bond acceptors (Lipinski definition) is 2. The van der Waals surface area contributed by atoms with Gasteiger partial charge in [0.1, 0.15) is 5.41 Å². The van der Waals surface area contributed by atoms with Crippen molar-refractivity contribution in [2.45, 2.75) is 37.9 Å². The van der Waals surface area contributed by atoms with Crippen molar-refractivity contribution < 1.29 is 18.0 Å². The van der Waals surface area contributed by atoms with E-state index in [0.717, 1.165) is 5.56 Å². The molecule has 2 aromatic carbocycles. The highest BCUT2D eigenvalue weighted by Gasteiger charge is 2.59. The summed E-state index contributed by atoms with van der Waals surface area (Å²) in [5.41, 5.74) is -0.558. The summed E-state index contributed by atoms with van der Waals surface area (Å²) in [4.78, 5) is 12.9. The largest absolute Gasteiger partial charge is 0.400 e. The molecule has 1 aliphatic heterocycles. The van der Waals surface area contributed by atoms with Crippen LogP contribution in [0.1, 0.15) is 37.4 Å². The highest BCUT2D eigenvalue weighted by atomic mass is 35.5. The van der Waals surface area contributed by atoms with E-state index < -0.39 is 11.6 Å². The molecule has 3 rings (SSSR count). The maximum Gasteiger partial charge on any atom is 0.400 e. The van der Waals surface area contributed by atoms with Crippen LogP contribution in [0.5, 0.6) is 0 Å². The molecule has 0 bridgehead atoms. The van der Waals surface area contributed by atoms with Gasteiger partial charge in [0.25, 0.3) is 0 Å². The molecule has 0 saturated carbocycles. The van der Waals surface area contributed by atoms with Gasteiger partial charge in [0, 0.05) is 25.7 Å². The molecular formula is C21H20Cl3F3N2O. The molecule has 30 heavy (non-hydrogen) atoms. The number of nitrogens with zero attached hydrogens (tertiary/aromatic N) is 1. The minimum absolute atomic E-state index is 0.00227. The Balaban J connectivity index is 1.90. The molecule has 2 atom stereocenters. The van der Waals surface area contributed by atoms with Gasteiger partial charge in [-0.1, -0.05) is 46.9 Å². The number of carbonyl (C=O) groups is 1. The molecule has 9 heteroatoms. The summed E-state index contributed by atoms with van der Waals surface area (Å²) in [6, 6.07) is 9.46. The van der Waals surface area contributed by atoms with Crippen LogP contribution in [0.2, 0.25) is 15.1 Å². The predicted molar refractivity (Wildman–Crippen MR) is 115 cm³/mol. The van der Waals surface area contributed by atoms with E-state index in [0.29, 0.717) is 5.69 Å². The number of halogens is 6. The zero-order valence-electron chi connectivity index (χ0n) is 16.3. The molecular weight excluding hydrogens is 460 g/mol. The van der Waals surface area contributed by atoms with Gasteiger partial charge < -0.3 is 10.2 Å². The zero-order chi connectivity index (χ0) is 22.3. The third-order valence-corrected chi connectivity index (χ3v) is 6.72. The van der Waals surface area contributed by atoms with Crippen molar-refractivity contribution in [2.75, 3.05) is 18.0 Å². The van der Waals surface area contributed by atoms with Gasteiger partial charge in [-0.2, -0.15) is 13.2 Å². The van der Waals surface area contributed by atoms with E-state index >= 15 is 0 Å².